The molecule has 0 bridgehead atoms. The van der Waals surface area contributed by atoms with Gasteiger partial charge in [-0.15, -0.1) is 6.42 Å². The van der Waals surface area contributed by atoms with Gasteiger partial charge in [0.1, 0.15) is 0 Å². The zero-order valence-electron chi connectivity index (χ0n) is 15.1. The Balaban J connectivity index is 2.27. The summed E-state index contributed by atoms with van der Waals surface area (Å²) in [6.45, 7) is 3.07. The van der Waals surface area contributed by atoms with Gasteiger partial charge in [0.2, 0.25) is 16.0 Å². The SMILES string of the molecule is C#C/C=C(\c1ccc(F)c(F)c1)c1ccc2nc(N)n(S(=O)(=O)C(C)C)c2c1. The Hall–Kier alpha value is -3.18. The number of hydrogen-bond donors (Lipinski definition) is 1. The van der Waals surface area contributed by atoms with Crippen LogP contribution in [0.15, 0.2) is 42.5 Å². The molecule has 1 heterocycles. The Labute approximate surface area is 161 Å². The number of aromatic nitrogens is 2. The Morgan fingerprint density at radius 1 is 1.18 bits per heavy atom. The number of anilines is 1. The van der Waals surface area contributed by atoms with Gasteiger partial charge in [-0.2, -0.15) is 0 Å². The van der Waals surface area contributed by atoms with E-state index in [-0.39, 0.29) is 11.5 Å². The van der Waals surface area contributed by atoms with E-state index in [0.717, 1.165) is 16.1 Å². The molecule has 8 heteroatoms. The highest BCUT2D eigenvalue weighted by Crippen LogP contribution is 2.29. The average Bonchev–Trinajstić information content (AvgIpc) is 2.97. The summed E-state index contributed by atoms with van der Waals surface area (Å²) in [5, 5.41) is -0.720. The quantitative estimate of drug-likeness (QED) is 0.678. The predicted octanol–water partition coefficient (Wildman–Crippen LogP) is 3.55. The van der Waals surface area contributed by atoms with E-state index in [9.17, 15) is 17.2 Å². The van der Waals surface area contributed by atoms with Gasteiger partial charge in [0.25, 0.3) is 0 Å². The van der Waals surface area contributed by atoms with E-state index in [0.29, 0.717) is 22.2 Å². The minimum absolute atomic E-state index is 0.156. The average molecular weight is 401 g/mol. The minimum Gasteiger partial charge on any atom is -0.368 e. The molecule has 0 amide bonds. The Morgan fingerprint density at radius 2 is 1.82 bits per heavy atom. The van der Waals surface area contributed by atoms with Crippen LogP contribution < -0.4 is 5.73 Å². The maximum Gasteiger partial charge on any atom is 0.244 e. The van der Waals surface area contributed by atoms with Crippen LogP contribution in [0.2, 0.25) is 0 Å². The third-order valence-electron chi connectivity index (χ3n) is 4.26. The van der Waals surface area contributed by atoms with Crippen molar-refractivity contribution >= 4 is 32.6 Å². The number of allylic oxidation sites excluding steroid dienone is 1. The molecule has 28 heavy (non-hydrogen) atoms. The molecule has 3 aromatic rings. The normalized spacial score (nSPS) is 12.5. The summed E-state index contributed by atoms with van der Waals surface area (Å²) in [5.41, 5.74) is 7.79. The van der Waals surface area contributed by atoms with Crippen molar-refractivity contribution in [2.75, 3.05) is 5.73 Å². The fourth-order valence-electron chi connectivity index (χ4n) is 2.80. The third-order valence-corrected chi connectivity index (χ3v) is 6.34. The monoisotopic (exact) mass is 401 g/mol. The van der Waals surface area contributed by atoms with Crippen molar-refractivity contribution in [2.45, 2.75) is 19.1 Å². The van der Waals surface area contributed by atoms with Gasteiger partial charge in [0.05, 0.1) is 16.3 Å². The topological polar surface area (TPSA) is 78.0 Å². The van der Waals surface area contributed by atoms with Crippen LogP contribution in [0, 0.1) is 24.0 Å². The smallest absolute Gasteiger partial charge is 0.244 e. The number of benzene rings is 2. The molecule has 0 aliphatic rings. The molecule has 0 fully saturated rings. The van der Waals surface area contributed by atoms with Crippen LogP contribution in [-0.2, 0) is 10.0 Å². The third kappa shape index (κ3) is 3.25. The molecular formula is C20H17F2N3O2S. The summed E-state index contributed by atoms with van der Waals surface area (Å²) < 4.78 is 53.4. The van der Waals surface area contributed by atoms with Gasteiger partial charge in [0, 0.05) is 0 Å². The number of rotatable bonds is 4. The first kappa shape index (κ1) is 19.6. The first-order valence-electron chi connectivity index (χ1n) is 8.31. The van der Waals surface area contributed by atoms with E-state index in [1.54, 1.807) is 18.2 Å². The largest absolute Gasteiger partial charge is 0.368 e. The maximum absolute atomic E-state index is 13.7. The molecule has 0 aliphatic carbocycles. The highest BCUT2D eigenvalue weighted by Gasteiger charge is 2.24. The molecular weight excluding hydrogens is 384 g/mol. The molecule has 0 saturated heterocycles. The molecule has 0 spiro atoms. The van der Waals surface area contributed by atoms with E-state index in [1.165, 1.54) is 26.0 Å². The van der Waals surface area contributed by atoms with Gasteiger partial charge >= 0.3 is 0 Å². The van der Waals surface area contributed by atoms with Gasteiger partial charge in [-0.1, -0.05) is 18.1 Å². The summed E-state index contributed by atoms with van der Waals surface area (Å²) >= 11 is 0. The zero-order valence-corrected chi connectivity index (χ0v) is 16.0. The Bertz CT molecular complexity index is 1250. The highest BCUT2D eigenvalue weighted by atomic mass is 32.2. The van der Waals surface area contributed by atoms with Crippen LogP contribution in [0.5, 0.6) is 0 Å². The van der Waals surface area contributed by atoms with Crippen molar-refractivity contribution in [3.63, 3.8) is 0 Å². The van der Waals surface area contributed by atoms with Crippen LogP contribution in [-0.4, -0.2) is 22.6 Å². The van der Waals surface area contributed by atoms with E-state index >= 15 is 0 Å². The molecule has 2 aromatic carbocycles. The van der Waals surface area contributed by atoms with Crippen molar-refractivity contribution in [1.29, 1.82) is 0 Å². The number of hydrogen-bond acceptors (Lipinski definition) is 4. The summed E-state index contributed by atoms with van der Waals surface area (Å²) in [4.78, 5) is 4.10. The number of nitrogens with zero attached hydrogens (tertiary/aromatic N) is 2. The minimum atomic E-state index is -3.76. The maximum atomic E-state index is 13.7. The number of terminal acetylenes is 1. The molecule has 144 valence electrons. The Morgan fingerprint density at radius 3 is 2.43 bits per heavy atom. The molecule has 1 aromatic heterocycles. The zero-order chi connectivity index (χ0) is 20.6. The van der Waals surface area contributed by atoms with Gasteiger partial charge < -0.3 is 5.73 Å². The van der Waals surface area contributed by atoms with Gasteiger partial charge in [-0.3, -0.25) is 0 Å². The lowest BCUT2D eigenvalue weighted by atomic mass is 9.97. The number of imidazole rings is 1. The van der Waals surface area contributed by atoms with Crippen molar-refractivity contribution in [3.8, 4) is 12.3 Å². The summed E-state index contributed by atoms with van der Waals surface area (Å²) in [6, 6.07) is 8.23. The lowest BCUT2D eigenvalue weighted by Gasteiger charge is -2.12. The number of nitrogens with two attached hydrogens (primary N) is 1. The second kappa shape index (κ2) is 7.09. The molecule has 0 aliphatic heterocycles. The van der Waals surface area contributed by atoms with E-state index in [2.05, 4.69) is 10.9 Å². The summed E-state index contributed by atoms with van der Waals surface area (Å²) in [7, 11) is -3.76. The molecule has 0 radical (unpaired) electrons. The first-order chi connectivity index (χ1) is 13.2. The van der Waals surface area contributed by atoms with E-state index in [1.807, 2.05) is 0 Å². The lowest BCUT2D eigenvalue weighted by Crippen LogP contribution is -2.23. The van der Waals surface area contributed by atoms with Crippen LogP contribution in [0.1, 0.15) is 25.0 Å². The van der Waals surface area contributed by atoms with Crippen molar-refractivity contribution < 1.29 is 17.2 Å². The second-order valence-corrected chi connectivity index (χ2v) is 8.72. The molecule has 0 saturated carbocycles. The summed E-state index contributed by atoms with van der Waals surface area (Å²) in [5.74, 6) is 0.221. The van der Waals surface area contributed by atoms with Gasteiger partial charge in [-0.25, -0.2) is 26.2 Å². The number of fused-ring (bicyclic) bond motifs is 1. The van der Waals surface area contributed by atoms with Crippen molar-refractivity contribution in [3.05, 3.63) is 65.2 Å². The van der Waals surface area contributed by atoms with Crippen LogP contribution in [0.3, 0.4) is 0 Å². The number of nitrogen functional groups attached to an aromatic ring is 1. The fourth-order valence-corrected chi connectivity index (χ4v) is 3.94. The highest BCUT2D eigenvalue weighted by molar-refractivity contribution is 7.90. The first-order valence-corrected chi connectivity index (χ1v) is 9.81. The predicted molar refractivity (Wildman–Crippen MR) is 106 cm³/mol. The second-order valence-electron chi connectivity index (χ2n) is 6.39. The molecule has 0 atom stereocenters. The molecule has 3 rings (SSSR count). The summed E-state index contributed by atoms with van der Waals surface area (Å²) in [6.07, 6.45) is 6.80. The van der Waals surface area contributed by atoms with Crippen LogP contribution in [0.4, 0.5) is 14.7 Å². The fraction of sp³-hybridized carbons (Fsp3) is 0.150. The van der Waals surface area contributed by atoms with Crippen molar-refractivity contribution in [2.24, 2.45) is 0 Å². The lowest BCUT2D eigenvalue weighted by molar-refractivity contribution is 0.508. The van der Waals surface area contributed by atoms with Crippen LogP contribution in [0.25, 0.3) is 16.6 Å². The Kier molecular flexibility index (Phi) is 4.96. The molecule has 5 nitrogen and oxygen atoms in total. The van der Waals surface area contributed by atoms with Crippen LogP contribution >= 0.6 is 0 Å². The van der Waals surface area contributed by atoms with Gasteiger partial charge in [0.15, 0.2) is 11.6 Å². The van der Waals surface area contributed by atoms with Crippen molar-refractivity contribution in [1.82, 2.24) is 8.96 Å². The number of halogens is 2. The standard InChI is InChI=1S/C20H17F2N3O2S/c1-4-5-15(13-6-8-16(21)17(22)10-13)14-7-9-18-19(11-14)25(20(23)24-18)28(26,27)12(2)3/h1,5-12H,2-3H3,(H2,23,24)/b15-5+. The van der Waals surface area contributed by atoms with E-state index in [4.69, 9.17) is 12.2 Å². The molecule has 2 N–H and O–H groups in total. The van der Waals surface area contributed by atoms with E-state index < -0.39 is 26.9 Å². The van der Waals surface area contributed by atoms with Gasteiger partial charge in [-0.05, 0) is 60.9 Å². The molecule has 0 unspecified atom stereocenters.